The van der Waals surface area contributed by atoms with E-state index >= 15 is 0 Å². The Labute approximate surface area is 206 Å². The van der Waals surface area contributed by atoms with E-state index in [1.165, 1.54) is 11.8 Å². The van der Waals surface area contributed by atoms with E-state index in [0.29, 0.717) is 40.5 Å². The van der Waals surface area contributed by atoms with Crippen LogP contribution in [0.5, 0.6) is 0 Å². The minimum absolute atomic E-state index is 0.223. The van der Waals surface area contributed by atoms with Crippen LogP contribution in [-0.2, 0) is 22.7 Å². The topological polar surface area (TPSA) is 115 Å². The Balaban J connectivity index is 1.61. The van der Waals surface area contributed by atoms with Gasteiger partial charge in [0.25, 0.3) is 0 Å². The molecule has 9 nitrogen and oxygen atoms in total. The highest BCUT2D eigenvalue weighted by molar-refractivity contribution is 14.2. The van der Waals surface area contributed by atoms with Gasteiger partial charge < -0.3 is 10.6 Å². The number of aromatic nitrogens is 5. The number of aryl methyl sites for hydroxylation is 3. The molecule has 0 saturated carbocycles. The van der Waals surface area contributed by atoms with E-state index in [2.05, 4.69) is 42.9 Å². The largest absolute Gasteiger partial charge is 0.352 e. The monoisotopic (exact) mass is 593 g/mol. The third kappa shape index (κ3) is 4.41. The first-order chi connectivity index (χ1) is 15.8. The third-order valence-electron chi connectivity index (χ3n) is 5.50. The summed E-state index contributed by atoms with van der Waals surface area (Å²) in [6, 6.07) is 10.7. The van der Waals surface area contributed by atoms with Gasteiger partial charge in [-0.1, -0.05) is 12.1 Å². The molecule has 0 spiro atoms. The number of benzene rings is 1. The Morgan fingerprint density at radius 1 is 1.03 bits per heavy atom. The number of pyridine rings is 1. The number of imidazole rings is 1. The summed E-state index contributed by atoms with van der Waals surface area (Å²) in [5, 5.41) is 15.2. The molecule has 33 heavy (non-hydrogen) atoms. The van der Waals surface area contributed by atoms with Gasteiger partial charge in [-0.25, -0.2) is 18.4 Å². The van der Waals surface area contributed by atoms with E-state index in [9.17, 15) is 8.42 Å². The number of hydrogen-bond donors (Lipinski definition) is 2. The van der Waals surface area contributed by atoms with Crippen LogP contribution in [0.2, 0.25) is 0 Å². The van der Waals surface area contributed by atoms with Gasteiger partial charge in [-0.15, -0.1) is 5.10 Å². The normalized spacial score (nSPS) is 13.7. The fraction of sp³-hybridized carbons (Fsp3) is 0.238. The van der Waals surface area contributed by atoms with E-state index in [1.54, 1.807) is 24.3 Å². The number of para-hydroxylation sites is 1. The molecule has 1 aromatic carbocycles. The number of halogens is 1. The number of anilines is 4. The molecule has 0 fully saturated rings. The molecule has 5 rings (SSSR count). The number of nitrogens with zero attached hydrogens (tertiary/aromatic N) is 5. The molecule has 1 aliphatic rings. The Kier molecular flexibility index (Phi) is 5.96. The minimum atomic E-state index is -3.42. The predicted octanol–water partition coefficient (Wildman–Crippen LogP) is 4.70. The molecular weight excluding hydrogens is 572 g/mol. The number of hydrogen-bond acceptors (Lipinski definition) is 8. The molecule has 1 aliphatic carbocycles. The zero-order valence-electron chi connectivity index (χ0n) is 17.9. The smallest absolute Gasteiger partial charge is 0.177 e. The second-order valence-electron chi connectivity index (χ2n) is 7.88. The van der Waals surface area contributed by atoms with Gasteiger partial charge in [0.1, 0.15) is 17.2 Å². The molecule has 3 aromatic heterocycles. The molecule has 1 atom stereocenters. The average Bonchev–Trinajstić information content (AvgIpc) is 3.36. The molecule has 12 heteroatoms. The van der Waals surface area contributed by atoms with Gasteiger partial charge in [0.15, 0.2) is 21.3 Å². The van der Waals surface area contributed by atoms with Crippen LogP contribution in [0.4, 0.5) is 23.0 Å². The quantitative estimate of drug-likeness (QED) is 0.244. The van der Waals surface area contributed by atoms with E-state index in [0.717, 1.165) is 30.8 Å². The van der Waals surface area contributed by atoms with Crippen molar-refractivity contribution in [2.45, 2.75) is 31.1 Å². The second kappa shape index (κ2) is 8.77. The Morgan fingerprint density at radius 3 is 2.64 bits per heavy atom. The van der Waals surface area contributed by atoms with Crippen LogP contribution in [-0.4, -0.2) is 39.2 Å². The molecule has 3 heterocycles. The van der Waals surface area contributed by atoms with Crippen LogP contribution in [0, 0.1) is 6.92 Å². The zero-order chi connectivity index (χ0) is 23.2. The van der Waals surface area contributed by atoms with Crippen LogP contribution >= 0.6 is 28.4 Å². The highest BCUT2D eigenvalue weighted by atomic mass is 127. The summed E-state index contributed by atoms with van der Waals surface area (Å²) in [5.41, 5.74) is 4.79. The summed E-state index contributed by atoms with van der Waals surface area (Å²) in [7, 11) is -3.42. The number of fused-ring (bicyclic) bond motifs is 2. The lowest BCUT2D eigenvalue weighted by atomic mass is 10.2. The molecule has 0 saturated heterocycles. The molecule has 1 unspecified atom stereocenters. The first-order valence-electron chi connectivity index (χ1n) is 10.3. The van der Waals surface area contributed by atoms with Gasteiger partial charge in [0.2, 0.25) is 0 Å². The van der Waals surface area contributed by atoms with Gasteiger partial charge in [-0.05, 0) is 72.0 Å². The van der Waals surface area contributed by atoms with E-state index in [-0.39, 0.29) is 4.90 Å². The van der Waals surface area contributed by atoms with Gasteiger partial charge in [0.05, 0.1) is 28.3 Å². The molecule has 0 aliphatic heterocycles. The van der Waals surface area contributed by atoms with Crippen LogP contribution in [0.3, 0.4) is 0 Å². The first-order valence-corrected chi connectivity index (χ1v) is 16.2. The Morgan fingerprint density at radius 2 is 1.85 bits per heavy atom. The molecule has 0 bridgehead atoms. The fourth-order valence-electron chi connectivity index (χ4n) is 3.98. The number of sulfone groups is 1. The summed E-state index contributed by atoms with van der Waals surface area (Å²) >= 11 is 2.30. The first kappa shape index (κ1) is 22.4. The van der Waals surface area contributed by atoms with Gasteiger partial charge in [0, 0.05) is 12.3 Å². The summed E-state index contributed by atoms with van der Waals surface area (Å²) < 4.78 is 26.7. The molecular formula is C21H21IN7O2PS. The number of nitrogens with one attached hydrogen (secondary N) is 2. The van der Waals surface area contributed by atoms with Crippen molar-refractivity contribution < 1.29 is 8.42 Å². The highest BCUT2D eigenvalue weighted by Crippen LogP contribution is 2.36. The van der Waals surface area contributed by atoms with Crippen LogP contribution in [0.25, 0.3) is 11.2 Å². The summed E-state index contributed by atoms with van der Waals surface area (Å²) in [4.78, 5) is 9.72. The molecule has 2 N–H and O–H groups in total. The minimum Gasteiger partial charge on any atom is -0.352 e. The summed E-state index contributed by atoms with van der Waals surface area (Å²) in [6.07, 6.45) is 4.68. The Bertz CT molecular complexity index is 1490. The van der Waals surface area contributed by atoms with Crippen LogP contribution < -0.4 is 10.6 Å². The standard InChI is InChI=1S/C21H21IN7O2PS/c1-12-23-20-16(24-15-7-3-4-9-17(15)33(2,30)31)11-18(26-21(20)29(12)32-22)25-19-10-13-6-5-8-14(13)27-28-19/h3-4,7,9-11,32H,5-6,8H2,1-2H3,(H2,24,25,26,28). The van der Waals surface area contributed by atoms with Crippen LogP contribution in [0.1, 0.15) is 23.5 Å². The summed E-state index contributed by atoms with van der Waals surface area (Å²) in [5.74, 6) is 2.04. The van der Waals surface area contributed by atoms with Crippen molar-refractivity contribution in [1.29, 1.82) is 0 Å². The molecule has 170 valence electrons. The lowest BCUT2D eigenvalue weighted by Crippen LogP contribution is -2.05. The maximum atomic E-state index is 12.3. The van der Waals surface area contributed by atoms with Crippen molar-refractivity contribution in [3.05, 3.63) is 53.5 Å². The molecule has 0 amide bonds. The SMILES string of the molecule is Cc1nc2c(Nc3ccccc3S(C)(=O)=O)cc(Nc3cc4c(nn3)CCC4)nc2n1PI. The lowest BCUT2D eigenvalue weighted by molar-refractivity contribution is 0.602. The predicted molar refractivity (Wildman–Crippen MR) is 140 cm³/mol. The third-order valence-corrected chi connectivity index (χ3v) is 8.81. The summed E-state index contributed by atoms with van der Waals surface area (Å²) in [6.45, 7) is 1.93. The lowest BCUT2D eigenvalue weighted by Gasteiger charge is -2.13. The maximum absolute atomic E-state index is 12.3. The van der Waals surface area contributed by atoms with Crippen LogP contribution in [0.15, 0.2) is 41.3 Å². The van der Waals surface area contributed by atoms with E-state index < -0.39 is 9.84 Å². The maximum Gasteiger partial charge on any atom is 0.177 e. The van der Waals surface area contributed by atoms with E-state index in [1.807, 2.05) is 23.4 Å². The van der Waals surface area contributed by atoms with Gasteiger partial charge in [-0.2, -0.15) is 5.10 Å². The number of rotatable bonds is 6. The second-order valence-corrected chi connectivity index (χ2v) is 11.9. The Hall–Kier alpha value is -2.37. The fourth-order valence-corrected chi connectivity index (χ4v) is 6.96. The van der Waals surface area contributed by atoms with Crippen molar-refractivity contribution in [3.8, 4) is 0 Å². The van der Waals surface area contributed by atoms with Crippen molar-refractivity contribution >= 4 is 72.4 Å². The highest BCUT2D eigenvalue weighted by Gasteiger charge is 2.19. The van der Waals surface area contributed by atoms with Gasteiger partial charge in [-0.3, -0.25) is 4.34 Å². The van der Waals surface area contributed by atoms with Crippen molar-refractivity contribution in [3.63, 3.8) is 0 Å². The average molecular weight is 593 g/mol. The van der Waals surface area contributed by atoms with Crippen molar-refractivity contribution in [1.82, 2.24) is 24.5 Å². The van der Waals surface area contributed by atoms with Gasteiger partial charge >= 0.3 is 0 Å². The van der Waals surface area contributed by atoms with E-state index in [4.69, 9.17) is 9.97 Å². The molecule has 0 radical (unpaired) electrons. The van der Waals surface area contributed by atoms with Crippen molar-refractivity contribution in [2.24, 2.45) is 0 Å². The molecule has 4 aromatic rings. The zero-order valence-corrected chi connectivity index (χ0v) is 21.9. The van der Waals surface area contributed by atoms with Crippen molar-refractivity contribution in [2.75, 3.05) is 16.9 Å².